The number of esters is 1. The molecule has 0 aliphatic heterocycles. The number of unbranched alkanes of at least 4 members (excludes halogenated alkanes) is 2. The van der Waals surface area contributed by atoms with Crippen molar-refractivity contribution in [2.45, 2.75) is 32.6 Å². The summed E-state index contributed by atoms with van der Waals surface area (Å²) < 4.78 is 10.9. The van der Waals surface area contributed by atoms with Crippen molar-refractivity contribution in [3.63, 3.8) is 0 Å². The Morgan fingerprint density at radius 3 is 2.20 bits per heavy atom. The summed E-state index contributed by atoms with van der Waals surface area (Å²) in [6.07, 6.45) is 8.65. The largest absolute Gasteiger partial charge is 0.494 e. The minimum absolute atomic E-state index is 0.316. The quantitative estimate of drug-likeness (QED) is 0.363. The molecule has 0 aromatic heterocycles. The molecule has 0 atom stereocenters. The molecule has 0 spiro atoms. The summed E-state index contributed by atoms with van der Waals surface area (Å²) in [5.74, 6) is 3.09. The van der Waals surface area contributed by atoms with Crippen LogP contribution in [0.5, 0.6) is 5.75 Å². The smallest absolute Gasteiger partial charge is 0.338 e. The molecule has 2 aromatic carbocycles. The first-order valence-electron chi connectivity index (χ1n) is 8.68. The second-order valence-corrected chi connectivity index (χ2v) is 5.75. The third kappa shape index (κ3) is 6.00. The minimum atomic E-state index is -0.316. The average Bonchev–Trinajstić information content (AvgIpc) is 2.66. The average molecular weight is 336 g/mol. The van der Waals surface area contributed by atoms with Crippen molar-refractivity contribution in [1.29, 1.82) is 0 Å². The topological polar surface area (TPSA) is 35.5 Å². The summed E-state index contributed by atoms with van der Waals surface area (Å²) in [6, 6.07) is 15.4. The predicted octanol–water partition coefficient (Wildman–Crippen LogP) is 5.10. The van der Waals surface area contributed by atoms with Gasteiger partial charge in [0.15, 0.2) is 0 Å². The number of hydrogen-bond donors (Lipinski definition) is 0. The summed E-state index contributed by atoms with van der Waals surface area (Å²) >= 11 is 0. The van der Waals surface area contributed by atoms with Crippen LogP contribution >= 0.6 is 0 Å². The van der Waals surface area contributed by atoms with Crippen LogP contribution in [0.15, 0.2) is 48.5 Å². The molecule has 3 heteroatoms. The van der Waals surface area contributed by atoms with E-state index in [1.54, 1.807) is 12.1 Å². The molecule has 0 aliphatic carbocycles. The highest BCUT2D eigenvalue weighted by Crippen LogP contribution is 2.23. The van der Waals surface area contributed by atoms with Gasteiger partial charge in [-0.15, -0.1) is 12.3 Å². The number of benzene rings is 2. The Morgan fingerprint density at radius 2 is 1.60 bits per heavy atom. The lowest BCUT2D eigenvalue weighted by atomic mass is 10.0. The van der Waals surface area contributed by atoms with E-state index in [0.29, 0.717) is 25.0 Å². The first kappa shape index (κ1) is 18.6. The van der Waals surface area contributed by atoms with Gasteiger partial charge in [-0.05, 0) is 48.2 Å². The first-order chi connectivity index (χ1) is 12.2. The van der Waals surface area contributed by atoms with Crippen LogP contribution in [0.2, 0.25) is 0 Å². The number of hydrogen-bond acceptors (Lipinski definition) is 3. The second kappa shape index (κ2) is 10.2. The van der Waals surface area contributed by atoms with Gasteiger partial charge in [-0.3, -0.25) is 0 Å². The van der Waals surface area contributed by atoms with Crippen molar-refractivity contribution >= 4 is 5.97 Å². The Hall–Kier alpha value is -2.73. The van der Waals surface area contributed by atoms with Crippen LogP contribution in [-0.2, 0) is 4.74 Å². The Kier molecular flexibility index (Phi) is 7.59. The van der Waals surface area contributed by atoms with Gasteiger partial charge in [0.1, 0.15) is 5.75 Å². The predicted molar refractivity (Wildman–Crippen MR) is 101 cm³/mol. The number of ether oxygens (including phenoxy) is 2. The van der Waals surface area contributed by atoms with E-state index >= 15 is 0 Å². The van der Waals surface area contributed by atoms with Crippen molar-refractivity contribution in [2.24, 2.45) is 0 Å². The molecule has 0 unspecified atom stereocenters. The van der Waals surface area contributed by atoms with Gasteiger partial charge in [-0.25, -0.2) is 4.79 Å². The van der Waals surface area contributed by atoms with Gasteiger partial charge in [0.2, 0.25) is 0 Å². The Bertz CT molecular complexity index is 694. The number of rotatable bonds is 9. The van der Waals surface area contributed by atoms with Gasteiger partial charge in [0.05, 0.1) is 18.8 Å². The molecule has 0 amide bonds. The van der Waals surface area contributed by atoms with Crippen molar-refractivity contribution < 1.29 is 14.3 Å². The maximum Gasteiger partial charge on any atom is 0.338 e. The lowest BCUT2D eigenvalue weighted by Crippen LogP contribution is -2.06. The van der Waals surface area contributed by atoms with E-state index < -0.39 is 0 Å². The van der Waals surface area contributed by atoms with E-state index in [0.717, 1.165) is 36.3 Å². The van der Waals surface area contributed by atoms with Crippen molar-refractivity contribution in [3.05, 3.63) is 54.1 Å². The molecular weight excluding hydrogens is 312 g/mol. The van der Waals surface area contributed by atoms with Gasteiger partial charge < -0.3 is 9.47 Å². The zero-order valence-electron chi connectivity index (χ0n) is 14.7. The third-order valence-corrected chi connectivity index (χ3v) is 3.77. The fourth-order valence-corrected chi connectivity index (χ4v) is 2.30. The van der Waals surface area contributed by atoms with E-state index in [2.05, 4.69) is 12.8 Å². The Labute approximate surface area is 150 Å². The summed E-state index contributed by atoms with van der Waals surface area (Å²) in [6.45, 7) is 3.24. The molecule has 0 saturated heterocycles. The molecule has 0 heterocycles. The van der Waals surface area contributed by atoms with E-state index in [-0.39, 0.29) is 5.97 Å². The lowest BCUT2D eigenvalue weighted by molar-refractivity contribution is 0.0502. The molecule has 25 heavy (non-hydrogen) atoms. The molecule has 2 aromatic rings. The van der Waals surface area contributed by atoms with Crippen molar-refractivity contribution in [3.8, 4) is 29.2 Å². The summed E-state index contributed by atoms with van der Waals surface area (Å²) in [5.41, 5.74) is 2.67. The van der Waals surface area contributed by atoms with E-state index in [9.17, 15) is 4.79 Å². The fourth-order valence-electron chi connectivity index (χ4n) is 2.30. The van der Waals surface area contributed by atoms with Gasteiger partial charge in [0.25, 0.3) is 0 Å². The van der Waals surface area contributed by atoms with Crippen molar-refractivity contribution in [1.82, 2.24) is 0 Å². The molecular formula is C22H24O3. The second-order valence-electron chi connectivity index (χ2n) is 5.75. The van der Waals surface area contributed by atoms with Crippen LogP contribution < -0.4 is 4.74 Å². The standard InChI is InChI=1S/C22H24O3/c1-3-5-7-17-25-22(23)20-10-8-18(9-11-20)19-12-14-21(15-13-19)24-16-6-4-2/h1,8-15H,4-7,16-17H2,2H3. The third-order valence-electron chi connectivity index (χ3n) is 3.77. The van der Waals surface area contributed by atoms with Crippen LogP contribution in [0.1, 0.15) is 43.0 Å². The molecule has 3 nitrogen and oxygen atoms in total. The molecule has 0 bridgehead atoms. The first-order valence-corrected chi connectivity index (χ1v) is 8.68. The number of carbonyl (C=O) groups excluding carboxylic acids is 1. The molecule has 2 rings (SSSR count). The van der Waals surface area contributed by atoms with Crippen molar-refractivity contribution in [2.75, 3.05) is 13.2 Å². The zero-order valence-corrected chi connectivity index (χ0v) is 14.7. The molecule has 0 aliphatic rings. The SMILES string of the molecule is C#CCCCOC(=O)c1ccc(-c2ccc(OCCCC)cc2)cc1. The molecule has 130 valence electrons. The Morgan fingerprint density at radius 1 is 0.960 bits per heavy atom. The summed E-state index contributed by atoms with van der Waals surface area (Å²) in [7, 11) is 0. The fraction of sp³-hybridized carbons (Fsp3) is 0.318. The van der Waals surface area contributed by atoms with Crippen LogP contribution in [0.25, 0.3) is 11.1 Å². The van der Waals surface area contributed by atoms with Gasteiger partial charge in [-0.2, -0.15) is 0 Å². The van der Waals surface area contributed by atoms with Gasteiger partial charge >= 0.3 is 5.97 Å². The molecule has 0 radical (unpaired) electrons. The highest BCUT2D eigenvalue weighted by Gasteiger charge is 2.07. The van der Waals surface area contributed by atoms with E-state index in [1.165, 1.54) is 0 Å². The maximum absolute atomic E-state index is 11.9. The number of terminal acetylenes is 1. The van der Waals surface area contributed by atoms with E-state index in [4.69, 9.17) is 15.9 Å². The molecule has 0 fully saturated rings. The lowest BCUT2D eigenvalue weighted by Gasteiger charge is -2.08. The Balaban J connectivity index is 1.93. The highest BCUT2D eigenvalue weighted by molar-refractivity contribution is 5.90. The summed E-state index contributed by atoms with van der Waals surface area (Å²) in [4.78, 5) is 11.9. The molecule has 0 saturated carbocycles. The van der Waals surface area contributed by atoms with Crippen LogP contribution in [0, 0.1) is 12.3 Å². The highest BCUT2D eigenvalue weighted by atomic mass is 16.5. The van der Waals surface area contributed by atoms with Crippen LogP contribution in [0.3, 0.4) is 0 Å². The number of carbonyl (C=O) groups is 1. The maximum atomic E-state index is 11.9. The van der Waals surface area contributed by atoms with Crippen LogP contribution in [0.4, 0.5) is 0 Å². The summed E-state index contributed by atoms with van der Waals surface area (Å²) in [5, 5.41) is 0. The van der Waals surface area contributed by atoms with Crippen LogP contribution in [-0.4, -0.2) is 19.2 Å². The van der Waals surface area contributed by atoms with Gasteiger partial charge in [0, 0.05) is 6.42 Å². The monoisotopic (exact) mass is 336 g/mol. The zero-order chi connectivity index (χ0) is 17.9. The van der Waals surface area contributed by atoms with Gasteiger partial charge in [-0.1, -0.05) is 37.6 Å². The van der Waals surface area contributed by atoms with E-state index in [1.807, 2.05) is 36.4 Å². The minimum Gasteiger partial charge on any atom is -0.494 e. The molecule has 0 N–H and O–H groups in total. The normalized spacial score (nSPS) is 10.1.